The molecule has 0 saturated heterocycles. The molecule has 0 aliphatic rings. The van der Waals surface area contributed by atoms with Gasteiger partial charge in [0, 0.05) is 20.9 Å². The van der Waals surface area contributed by atoms with Gasteiger partial charge in [-0.15, -0.1) is 23.1 Å². The first kappa shape index (κ1) is 23.2. The van der Waals surface area contributed by atoms with Gasteiger partial charge < -0.3 is 14.8 Å². The van der Waals surface area contributed by atoms with E-state index < -0.39 is 5.97 Å². The maximum atomic E-state index is 12.7. The normalized spacial score (nSPS) is 10.5. The van der Waals surface area contributed by atoms with E-state index in [0.717, 1.165) is 16.2 Å². The number of carbonyl (C=O) groups excluding carboxylic acids is 2. The van der Waals surface area contributed by atoms with Crippen LogP contribution >= 0.6 is 34.7 Å². The lowest BCUT2D eigenvalue weighted by Crippen LogP contribution is -2.16. The molecule has 1 aromatic heterocycles. The molecule has 1 N–H and O–H groups in total. The zero-order chi connectivity index (χ0) is 22.2. The molecule has 0 spiro atoms. The van der Waals surface area contributed by atoms with Gasteiger partial charge in [-0.2, -0.15) is 0 Å². The number of thioether (sulfide) groups is 1. The highest BCUT2D eigenvalue weighted by Crippen LogP contribution is 2.37. The SMILES string of the molecule is CCOC(=O)c1c(-c2ccc(OCC)cc2)csc1NC(=O)CSc1ccc(Cl)cc1. The molecule has 0 atom stereocenters. The maximum absolute atomic E-state index is 12.7. The third-order valence-corrected chi connectivity index (χ3v) is 6.34. The Hall–Kier alpha value is -2.48. The monoisotopic (exact) mass is 475 g/mol. The number of benzene rings is 2. The van der Waals surface area contributed by atoms with Crippen molar-refractivity contribution in [2.75, 3.05) is 24.3 Å². The average molecular weight is 476 g/mol. The van der Waals surface area contributed by atoms with Gasteiger partial charge in [-0.25, -0.2) is 4.79 Å². The predicted molar refractivity (Wildman–Crippen MR) is 128 cm³/mol. The number of thiophene rings is 1. The van der Waals surface area contributed by atoms with Crippen LogP contribution in [0.2, 0.25) is 5.02 Å². The van der Waals surface area contributed by atoms with E-state index in [2.05, 4.69) is 5.32 Å². The minimum atomic E-state index is -0.465. The van der Waals surface area contributed by atoms with E-state index in [4.69, 9.17) is 21.1 Å². The van der Waals surface area contributed by atoms with E-state index in [0.29, 0.717) is 27.8 Å². The van der Waals surface area contributed by atoms with Crippen LogP contribution < -0.4 is 10.1 Å². The van der Waals surface area contributed by atoms with Crippen molar-refractivity contribution >= 4 is 51.6 Å². The largest absolute Gasteiger partial charge is 0.494 e. The third-order valence-electron chi connectivity index (χ3n) is 4.18. The molecule has 31 heavy (non-hydrogen) atoms. The topological polar surface area (TPSA) is 64.6 Å². The average Bonchev–Trinajstić information content (AvgIpc) is 3.18. The number of hydrogen-bond acceptors (Lipinski definition) is 6. The lowest BCUT2D eigenvalue weighted by atomic mass is 10.0. The number of esters is 1. The quantitative estimate of drug-likeness (QED) is 0.287. The van der Waals surface area contributed by atoms with E-state index in [1.54, 1.807) is 19.1 Å². The minimum absolute atomic E-state index is 0.203. The van der Waals surface area contributed by atoms with Crippen LogP contribution in [0.5, 0.6) is 5.75 Å². The fourth-order valence-corrected chi connectivity index (χ4v) is 4.61. The number of hydrogen-bond donors (Lipinski definition) is 1. The predicted octanol–water partition coefficient (Wildman–Crippen LogP) is 6.37. The summed E-state index contributed by atoms with van der Waals surface area (Å²) in [6.45, 7) is 4.50. The lowest BCUT2D eigenvalue weighted by molar-refractivity contribution is -0.113. The van der Waals surface area contributed by atoms with Gasteiger partial charge in [0.1, 0.15) is 16.3 Å². The lowest BCUT2D eigenvalue weighted by Gasteiger charge is -2.09. The number of amides is 1. The van der Waals surface area contributed by atoms with Gasteiger partial charge in [0.15, 0.2) is 0 Å². The number of halogens is 1. The molecule has 3 rings (SSSR count). The number of carbonyl (C=O) groups is 2. The molecule has 0 unspecified atom stereocenters. The molecule has 1 heterocycles. The van der Waals surface area contributed by atoms with E-state index in [1.165, 1.54) is 23.1 Å². The second kappa shape index (κ2) is 11.2. The molecular weight excluding hydrogens is 454 g/mol. The van der Waals surface area contributed by atoms with E-state index >= 15 is 0 Å². The van der Waals surface area contributed by atoms with Crippen LogP contribution in [-0.4, -0.2) is 30.8 Å². The molecular formula is C23H22ClNO4S2. The number of ether oxygens (including phenoxy) is 2. The van der Waals surface area contributed by atoms with Crippen LogP contribution in [0, 0.1) is 0 Å². The molecule has 3 aromatic rings. The van der Waals surface area contributed by atoms with Gasteiger partial charge in [0.25, 0.3) is 0 Å². The molecule has 0 bridgehead atoms. The van der Waals surface area contributed by atoms with Gasteiger partial charge in [0.05, 0.1) is 19.0 Å². The van der Waals surface area contributed by atoms with Gasteiger partial charge in [-0.1, -0.05) is 23.7 Å². The molecule has 5 nitrogen and oxygen atoms in total. The van der Waals surface area contributed by atoms with Crippen molar-refractivity contribution in [1.82, 2.24) is 0 Å². The molecule has 1 amide bonds. The van der Waals surface area contributed by atoms with Crippen LogP contribution in [0.4, 0.5) is 5.00 Å². The summed E-state index contributed by atoms with van der Waals surface area (Å²) in [4.78, 5) is 26.1. The molecule has 0 aliphatic carbocycles. The Morgan fingerprint density at radius 2 is 1.74 bits per heavy atom. The number of nitrogens with one attached hydrogen (secondary N) is 1. The molecule has 0 radical (unpaired) electrons. The number of rotatable bonds is 9. The Balaban J connectivity index is 1.78. The summed E-state index contributed by atoms with van der Waals surface area (Å²) in [5, 5.41) is 5.83. The standard InChI is InChI=1S/C23H22ClNO4S2/c1-3-28-17-9-5-15(6-10-17)19-13-31-22(21(19)23(27)29-4-2)25-20(26)14-30-18-11-7-16(24)8-12-18/h5-13H,3-4,14H2,1-2H3,(H,25,26). The smallest absolute Gasteiger partial charge is 0.341 e. The van der Waals surface area contributed by atoms with Gasteiger partial charge in [-0.3, -0.25) is 4.79 Å². The second-order valence-electron chi connectivity index (χ2n) is 6.32. The van der Waals surface area contributed by atoms with Crippen molar-refractivity contribution in [2.24, 2.45) is 0 Å². The summed E-state index contributed by atoms with van der Waals surface area (Å²) in [7, 11) is 0. The fourth-order valence-electron chi connectivity index (χ4n) is 2.81. The van der Waals surface area contributed by atoms with Crippen LogP contribution in [0.25, 0.3) is 11.1 Å². The number of anilines is 1. The first-order chi connectivity index (χ1) is 15.0. The summed E-state index contributed by atoms with van der Waals surface area (Å²) < 4.78 is 10.7. The summed E-state index contributed by atoms with van der Waals surface area (Å²) >= 11 is 8.59. The zero-order valence-corrected chi connectivity index (χ0v) is 19.5. The highest BCUT2D eigenvalue weighted by molar-refractivity contribution is 8.00. The minimum Gasteiger partial charge on any atom is -0.494 e. The Morgan fingerprint density at radius 1 is 1.03 bits per heavy atom. The van der Waals surface area contributed by atoms with Crippen molar-refractivity contribution in [3.8, 4) is 16.9 Å². The van der Waals surface area contributed by atoms with Crippen LogP contribution in [0.1, 0.15) is 24.2 Å². The highest BCUT2D eigenvalue weighted by Gasteiger charge is 2.23. The summed E-state index contributed by atoms with van der Waals surface area (Å²) in [5.41, 5.74) is 1.92. The summed E-state index contributed by atoms with van der Waals surface area (Å²) in [5.74, 6) is 0.297. The Bertz CT molecular complexity index is 1030. The van der Waals surface area contributed by atoms with Crippen molar-refractivity contribution in [3.63, 3.8) is 0 Å². The van der Waals surface area contributed by atoms with E-state index in [9.17, 15) is 9.59 Å². The van der Waals surface area contributed by atoms with Crippen molar-refractivity contribution in [1.29, 1.82) is 0 Å². The zero-order valence-electron chi connectivity index (χ0n) is 17.1. The van der Waals surface area contributed by atoms with Crippen LogP contribution in [-0.2, 0) is 9.53 Å². The van der Waals surface area contributed by atoms with Crippen molar-refractivity contribution < 1.29 is 19.1 Å². The van der Waals surface area contributed by atoms with Crippen molar-refractivity contribution in [3.05, 3.63) is 64.5 Å². The Morgan fingerprint density at radius 3 is 2.39 bits per heavy atom. The van der Waals surface area contributed by atoms with Crippen LogP contribution in [0.3, 0.4) is 0 Å². The van der Waals surface area contributed by atoms with Gasteiger partial charge >= 0.3 is 5.97 Å². The molecule has 0 saturated carbocycles. The Labute approximate surface area is 194 Å². The molecule has 0 fully saturated rings. The third kappa shape index (κ3) is 6.26. The van der Waals surface area contributed by atoms with Crippen LogP contribution in [0.15, 0.2) is 58.8 Å². The highest BCUT2D eigenvalue weighted by atomic mass is 35.5. The van der Waals surface area contributed by atoms with Gasteiger partial charge in [-0.05, 0) is 55.8 Å². The van der Waals surface area contributed by atoms with E-state index in [1.807, 2.05) is 48.7 Å². The fraction of sp³-hybridized carbons (Fsp3) is 0.217. The second-order valence-corrected chi connectivity index (χ2v) is 8.69. The summed E-state index contributed by atoms with van der Waals surface area (Å²) in [6, 6.07) is 14.8. The molecule has 2 aromatic carbocycles. The molecule has 162 valence electrons. The summed E-state index contributed by atoms with van der Waals surface area (Å²) in [6.07, 6.45) is 0. The first-order valence-corrected chi connectivity index (χ1v) is 12.0. The van der Waals surface area contributed by atoms with Gasteiger partial charge in [0.2, 0.25) is 5.91 Å². The Kier molecular flexibility index (Phi) is 8.40. The molecule has 0 aliphatic heterocycles. The molecule has 8 heteroatoms. The first-order valence-electron chi connectivity index (χ1n) is 9.71. The van der Waals surface area contributed by atoms with E-state index in [-0.39, 0.29) is 18.3 Å². The van der Waals surface area contributed by atoms with Crippen molar-refractivity contribution in [2.45, 2.75) is 18.7 Å². The maximum Gasteiger partial charge on any atom is 0.341 e.